The highest BCUT2D eigenvalue weighted by Crippen LogP contribution is 2.42. The van der Waals surface area contributed by atoms with Gasteiger partial charge in [0.25, 0.3) is 5.91 Å². The van der Waals surface area contributed by atoms with E-state index in [1.807, 2.05) is 0 Å². The molecule has 3 aromatic rings. The van der Waals surface area contributed by atoms with Crippen LogP contribution >= 0.6 is 0 Å². The lowest BCUT2D eigenvalue weighted by atomic mass is 9.88. The Labute approximate surface area is 160 Å². The second kappa shape index (κ2) is 6.90. The molecule has 0 bridgehead atoms. The molecule has 1 unspecified atom stereocenters. The standard InChI is InChI=1S/C20H18N4O4/c25-15-7-5-14(6-8-15)18(26)11-20(28)16-3-1-2-4-17(16)24(19(20)27)10-9-23-13-21-12-22-23/h1-8,12-13,25,28H,9-11H2. The summed E-state index contributed by atoms with van der Waals surface area (Å²) < 4.78 is 1.59. The lowest BCUT2D eigenvalue weighted by Gasteiger charge is -2.22. The van der Waals surface area contributed by atoms with Gasteiger partial charge in [-0.1, -0.05) is 18.2 Å². The quantitative estimate of drug-likeness (QED) is 0.629. The molecule has 8 nitrogen and oxygen atoms in total. The number of carbonyl (C=O) groups excluding carboxylic acids is 2. The number of Topliss-reactive ketones (excluding diaryl/α,β-unsaturated/α-hetero) is 1. The summed E-state index contributed by atoms with van der Waals surface area (Å²) >= 11 is 0. The normalized spacial score (nSPS) is 18.3. The number of hydrogen-bond acceptors (Lipinski definition) is 6. The Morgan fingerprint density at radius 1 is 1.07 bits per heavy atom. The van der Waals surface area contributed by atoms with E-state index in [0.29, 0.717) is 23.4 Å². The topological polar surface area (TPSA) is 109 Å². The van der Waals surface area contributed by atoms with Crippen molar-refractivity contribution < 1.29 is 19.8 Å². The van der Waals surface area contributed by atoms with Gasteiger partial charge >= 0.3 is 0 Å². The third-order valence-electron chi connectivity index (χ3n) is 4.86. The van der Waals surface area contributed by atoms with Gasteiger partial charge in [-0.3, -0.25) is 14.3 Å². The van der Waals surface area contributed by atoms with Crippen molar-refractivity contribution in [3.8, 4) is 5.75 Å². The minimum absolute atomic E-state index is 0.0387. The molecule has 0 saturated carbocycles. The van der Waals surface area contributed by atoms with Crippen LogP contribution in [0.15, 0.2) is 61.2 Å². The number of para-hydroxylation sites is 1. The van der Waals surface area contributed by atoms with Crippen LogP contribution in [-0.4, -0.2) is 43.2 Å². The van der Waals surface area contributed by atoms with Crippen LogP contribution in [0.1, 0.15) is 22.3 Å². The molecule has 1 atom stereocenters. The molecule has 0 aliphatic carbocycles. The number of aromatic nitrogens is 3. The zero-order valence-corrected chi connectivity index (χ0v) is 14.9. The van der Waals surface area contributed by atoms with Crippen LogP contribution in [0.4, 0.5) is 5.69 Å². The average molecular weight is 378 g/mol. The lowest BCUT2D eigenvalue weighted by molar-refractivity contribution is -0.135. The van der Waals surface area contributed by atoms with Gasteiger partial charge in [-0.25, -0.2) is 4.98 Å². The van der Waals surface area contributed by atoms with Gasteiger partial charge in [0.2, 0.25) is 0 Å². The van der Waals surface area contributed by atoms with Gasteiger partial charge in [-0.2, -0.15) is 5.10 Å². The van der Waals surface area contributed by atoms with E-state index >= 15 is 0 Å². The number of ketones is 1. The molecular weight excluding hydrogens is 360 g/mol. The molecule has 2 N–H and O–H groups in total. The van der Waals surface area contributed by atoms with Crippen LogP contribution in [0.2, 0.25) is 0 Å². The first-order valence-electron chi connectivity index (χ1n) is 8.77. The molecule has 8 heteroatoms. The van der Waals surface area contributed by atoms with E-state index in [9.17, 15) is 19.8 Å². The molecule has 0 radical (unpaired) electrons. The number of aromatic hydroxyl groups is 1. The zero-order chi connectivity index (χ0) is 19.7. The minimum Gasteiger partial charge on any atom is -0.508 e. The van der Waals surface area contributed by atoms with Gasteiger partial charge in [0.1, 0.15) is 18.4 Å². The van der Waals surface area contributed by atoms with E-state index in [-0.39, 0.29) is 24.5 Å². The number of nitrogens with zero attached hydrogens (tertiary/aromatic N) is 4. The first-order valence-corrected chi connectivity index (χ1v) is 8.77. The van der Waals surface area contributed by atoms with E-state index in [4.69, 9.17) is 0 Å². The van der Waals surface area contributed by atoms with Crippen molar-refractivity contribution in [3.63, 3.8) is 0 Å². The molecule has 4 rings (SSSR count). The molecule has 28 heavy (non-hydrogen) atoms. The summed E-state index contributed by atoms with van der Waals surface area (Å²) in [5.74, 6) is -0.887. The number of phenols is 1. The van der Waals surface area contributed by atoms with Crippen LogP contribution in [0.25, 0.3) is 0 Å². The third kappa shape index (κ3) is 3.03. The Bertz CT molecular complexity index is 1020. The SMILES string of the molecule is O=C(CC1(O)C(=O)N(CCn2cncn2)c2ccccc21)c1ccc(O)cc1. The van der Waals surface area contributed by atoms with Gasteiger partial charge in [0.15, 0.2) is 11.4 Å². The van der Waals surface area contributed by atoms with E-state index in [0.717, 1.165) is 0 Å². The van der Waals surface area contributed by atoms with Crippen molar-refractivity contribution >= 4 is 17.4 Å². The van der Waals surface area contributed by atoms with Gasteiger partial charge in [-0.15, -0.1) is 0 Å². The number of anilines is 1. The molecule has 142 valence electrons. The second-order valence-electron chi connectivity index (χ2n) is 6.64. The smallest absolute Gasteiger partial charge is 0.264 e. The van der Waals surface area contributed by atoms with Crippen molar-refractivity contribution in [2.75, 3.05) is 11.4 Å². The van der Waals surface area contributed by atoms with Gasteiger partial charge < -0.3 is 15.1 Å². The van der Waals surface area contributed by atoms with Crippen LogP contribution < -0.4 is 4.90 Å². The summed E-state index contributed by atoms with van der Waals surface area (Å²) in [7, 11) is 0. The highest BCUT2D eigenvalue weighted by molar-refractivity contribution is 6.10. The van der Waals surface area contributed by atoms with Crippen molar-refractivity contribution in [2.24, 2.45) is 0 Å². The van der Waals surface area contributed by atoms with Crippen molar-refractivity contribution in [2.45, 2.75) is 18.6 Å². The van der Waals surface area contributed by atoms with Crippen LogP contribution in [0, 0.1) is 0 Å². The molecule has 1 aliphatic heterocycles. The molecule has 2 aromatic carbocycles. The molecule has 1 amide bonds. The summed E-state index contributed by atoms with van der Waals surface area (Å²) in [6.45, 7) is 0.691. The van der Waals surface area contributed by atoms with Crippen LogP contribution in [0.3, 0.4) is 0 Å². The zero-order valence-electron chi connectivity index (χ0n) is 14.9. The van der Waals surface area contributed by atoms with Crippen molar-refractivity contribution in [1.29, 1.82) is 0 Å². The molecular formula is C20H18N4O4. The van der Waals surface area contributed by atoms with Crippen LogP contribution in [0.5, 0.6) is 5.75 Å². The van der Waals surface area contributed by atoms with Gasteiger partial charge in [-0.05, 0) is 30.3 Å². The van der Waals surface area contributed by atoms with Gasteiger partial charge in [0, 0.05) is 17.7 Å². The molecule has 0 saturated heterocycles. The fraction of sp³-hybridized carbons (Fsp3) is 0.200. The summed E-state index contributed by atoms with van der Waals surface area (Å²) in [6.07, 6.45) is 2.58. The summed E-state index contributed by atoms with van der Waals surface area (Å²) in [6, 6.07) is 12.6. The Morgan fingerprint density at radius 3 is 2.54 bits per heavy atom. The fourth-order valence-corrected chi connectivity index (χ4v) is 3.43. The average Bonchev–Trinajstić information content (AvgIpc) is 3.28. The van der Waals surface area contributed by atoms with E-state index < -0.39 is 11.5 Å². The maximum Gasteiger partial charge on any atom is 0.264 e. The van der Waals surface area contributed by atoms with E-state index in [2.05, 4.69) is 10.1 Å². The minimum atomic E-state index is -1.94. The number of aliphatic hydroxyl groups is 1. The lowest BCUT2D eigenvalue weighted by Crippen LogP contribution is -2.43. The van der Waals surface area contributed by atoms with Gasteiger partial charge in [0.05, 0.1) is 18.7 Å². The highest BCUT2D eigenvalue weighted by atomic mass is 16.3. The number of hydrogen-bond donors (Lipinski definition) is 2. The van der Waals surface area contributed by atoms with Crippen molar-refractivity contribution in [3.05, 3.63) is 72.3 Å². The summed E-state index contributed by atoms with van der Waals surface area (Å²) in [5, 5.41) is 24.6. The maximum absolute atomic E-state index is 13.1. The largest absolute Gasteiger partial charge is 0.508 e. The Kier molecular flexibility index (Phi) is 4.40. The summed E-state index contributed by atoms with van der Waals surface area (Å²) in [5.41, 5.74) is -0.634. The molecule has 1 aliphatic rings. The fourth-order valence-electron chi connectivity index (χ4n) is 3.43. The predicted octanol–water partition coefficient (Wildman–Crippen LogP) is 1.49. The second-order valence-corrected chi connectivity index (χ2v) is 6.64. The highest BCUT2D eigenvalue weighted by Gasteiger charge is 2.50. The maximum atomic E-state index is 13.1. The summed E-state index contributed by atoms with van der Waals surface area (Å²) in [4.78, 5) is 31.1. The Hall–Kier alpha value is -3.52. The Balaban J connectivity index is 1.61. The predicted molar refractivity (Wildman–Crippen MR) is 99.8 cm³/mol. The molecule has 2 heterocycles. The van der Waals surface area contributed by atoms with E-state index in [1.165, 1.54) is 35.5 Å². The van der Waals surface area contributed by atoms with Crippen molar-refractivity contribution in [1.82, 2.24) is 14.8 Å². The first kappa shape index (κ1) is 17.9. The van der Waals surface area contributed by atoms with Crippen LogP contribution in [-0.2, 0) is 16.9 Å². The number of phenolic OH excluding ortho intramolecular Hbond substituents is 1. The molecule has 0 spiro atoms. The first-order chi connectivity index (χ1) is 13.5. The third-order valence-corrected chi connectivity index (χ3v) is 4.86. The monoisotopic (exact) mass is 378 g/mol. The number of amides is 1. The van der Waals surface area contributed by atoms with E-state index in [1.54, 1.807) is 35.3 Å². The number of benzene rings is 2. The Morgan fingerprint density at radius 2 is 1.82 bits per heavy atom. The number of fused-ring (bicyclic) bond motifs is 1. The molecule has 0 fully saturated rings. The number of carbonyl (C=O) groups is 2. The number of rotatable bonds is 6. The molecule has 1 aromatic heterocycles.